The minimum atomic E-state index is -0.402. The Morgan fingerprint density at radius 2 is 1.96 bits per heavy atom. The first kappa shape index (κ1) is 17.7. The lowest BCUT2D eigenvalue weighted by Gasteiger charge is -2.33. The van der Waals surface area contributed by atoms with Crippen molar-refractivity contribution in [2.45, 2.75) is 52.0 Å². The first-order valence-electron chi connectivity index (χ1n) is 8.70. The molecule has 1 amide bonds. The molecule has 2 heterocycles. The molecule has 0 aliphatic carbocycles. The van der Waals surface area contributed by atoms with Crippen LogP contribution in [-0.4, -0.2) is 36.1 Å². The fourth-order valence-corrected chi connectivity index (χ4v) is 2.77. The number of aromatic nitrogens is 1. The number of anilines is 1. The average molecular weight is 318 g/mol. The Kier molecular flexibility index (Phi) is 5.99. The summed E-state index contributed by atoms with van der Waals surface area (Å²) < 4.78 is 0. The Hall–Kier alpha value is -1.62. The van der Waals surface area contributed by atoms with Crippen LogP contribution >= 0.6 is 0 Å². The van der Waals surface area contributed by atoms with Crippen LogP contribution in [0.25, 0.3) is 0 Å². The summed E-state index contributed by atoms with van der Waals surface area (Å²) in [5.74, 6) is 1.12. The van der Waals surface area contributed by atoms with Crippen LogP contribution < -0.4 is 16.0 Å². The van der Waals surface area contributed by atoms with Crippen molar-refractivity contribution in [2.24, 2.45) is 11.7 Å². The van der Waals surface area contributed by atoms with Gasteiger partial charge in [-0.05, 0) is 37.8 Å². The Morgan fingerprint density at radius 1 is 1.30 bits per heavy atom. The van der Waals surface area contributed by atoms with Crippen LogP contribution in [0.5, 0.6) is 0 Å². The summed E-state index contributed by atoms with van der Waals surface area (Å²) in [6.07, 6.45) is 6.70. The van der Waals surface area contributed by atoms with Gasteiger partial charge < -0.3 is 16.0 Å². The van der Waals surface area contributed by atoms with Gasteiger partial charge in [0.05, 0.1) is 11.1 Å². The predicted molar refractivity (Wildman–Crippen MR) is 94.7 cm³/mol. The highest BCUT2D eigenvalue weighted by Gasteiger charge is 2.29. The Morgan fingerprint density at radius 3 is 2.43 bits per heavy atom. The standard InChI is InChI=1S/C18H30N4O/c1-14(2)18(3,13-19)21-17(23)15-8-9-16(20-12-15)22-10-6-4-5-7-11-22/h8-9,12,14H,4-7,10-11,13,19H2,1-3H3,(H,21,23). The number of pyridine rings is 1. The number of rotatable bonds is 5. The van der Waals surface area contributed by atoms with E-state index in [0.717, 1.165) is 18.9 Å². The van der Waals surface area contributed by atoms with Crippen LogP contribution in [0.4, 0.5) is 5.82 Å². The van der Waals surface area contributed by atoms with E-state index in [1.54, 1.807) is 6.20 Å². The SMILES string of the molecule is CC(C)C(C)(CN)NC(=O)c1ccc(N2CCCCCC2)nc1. The highest BCUT2D eigenvalue weighted by Crippen LogP contribution is 2.19. The zero-order valence-electron chi connectivity index (χ0n) is 14.6. The molecule has 1 unspecified atom stereocenters. The first-order chi connectivity index (χ1) is 11.0. The monoisotopic (exact) mass is 318 g/mol. The van der Waals surface area contributed by atoms with Gasteiger partial charge in [-0.2, -0.15) is 0 Å². The summed E-state index contributed by atoms with van der Waals surface area (Å²) in [6.45, 7) is 8.63. The molecule has 0 bridgehead atoms. The third-order valence-corrected chi connectivity index (χ3v) is 5.04. The van der Waals surface area contributed by atoms with Gasteiger partial charge in [0, 0.05) is 25.8 Å². The van der Waals surface area contributed by atoms with Crippen molar-refractivity contribution < 1.29 is 4.79 Å². The Balaban J connectivity index is 2.05. The summed E-state index contributed by atoms with van der Waals surface area (Å²) in [7, 11) is 0. The van der Waals surface area contributed by atoms with E-state index < -0.39 is 5.54 Å². The summed E-state index contributed by atoms with van der Waals surface area (Å²) >= 11 is 0. The molecule has 1 aromatic rings. The van der Waals surface area contributed by atoms with Crippen LogP contribution in [0.3, 0.4) is 0 Å². The lowest BCUT2D eigenvalue weighted by molar-refractivity contribution is 0.0883. The number of hydrogen-bond donors (Lipinski definition) is 2. The average Bonchev–Trinajstić information content (AvgIpc) is 2.84. The molecule has 1 saturated heterocycles. The zero-order chi connectivity index (χ0) is 16.9. The molecule has 0 radical (unpaired) electrons. The molecule has 1 fully saturated rings. The molecule has 5 heteroatoms. The van der Waals surface area contributed by atoms with Gasteiger partial charge in [-0.1, -0.05) is 26.7 Å². The molecule has 23 heavy (non-hydrogen) atoms. The number of amides is 1. The van der Waals surface area contributed by atoms with Crippen molar-refractivity contribution in [3.63, 3.8) is 0 Å². The van der Waals surface area contributed by atoms with E-state index in [1.165, 1.54) is 25.7 Å². The molecule has 3 N–H and O–H groups in total. The fourth-order valence-electron chi connectivity index (χ4n) is 2.77. The quantitative estimate of drug-likeness (QED) is 0.875. The topological polar surface area (TPSA) is 71.2 Å². The molecular formula is C18H30N4O. The molecule has 1 aliphatic heterocycles. The molecule has 5 nitrogen and oxygen atoms in total. The summed E-state index contributed by atoms with van der Waals surface area (Å²) in [5.41, 5.74) is 6.02. The van der Waals surface area contributed by atoms with Crippen LogP contribution in [-0.2, 0) is 0 Å². The van der Waals surface area contributed by atoms with Gasteiger partial charge in [-0.3, -0.25) is 4.79 Å². The summed E-state index contributed by atoms with van der Waals surface area (Å²) in [6, 6.07) is 3.81. The molecule has 1 aromatic heterocycles. The molecule has 0 saturated carbocycles. The van der Waals surface area contributed by atoms with Crippen LogP contribution in [0.1, 0.15) is 56.8 Å². The van der Waals surface area contributed by atoms with E-state index in [2.05, 4.69) is 29.0 Å². The van der Waals surface area contributed by atoms with Gasteiger partial charge in [-0.15, -0.1) is 0 Å². The first-order valence-corrected chi connectivity index (χ1v) is 8.70. The van der Waals surface area contributed by atoms with E-state index in [-0.39, 0.29) is 11.8 Å². The Labute approximate surface area is 139 Å². The highest BCUT2D eigenvalue weighted by atomic mass is 16.1. The lowest BCUT2D eigenvalue weighted by atomic mass is 9.88. The van der Waals surface area contributed by atoms with Crippen molar-refractivity contribution in [2.75, 3.05) is 24.5 Å². The highest BCUT2D eigenvalue weighted by molar-refractivity contribution is 5.94. The van der Waals surface area contributed by atoms with Crippen LogP contribution in [0.15, 0.2) is 18.3 Å². The molecule has 128 valence electrons. The van der Waals surface area contributed by atoms with Crippen molar-refractivity contribution in [1.29, 1.82) is 0 Å². The minimum absolute atomic E-state index is 0.110. The smallest absolute Gasteiger partial charge is 0.253 e. The largest absolute Gasteiger partial charge is 0.357 e. The molecular weight excluding hydrogens is 288 g/mol. The number of nitrogens with zero attached hydrogens (tertiary/aromatic N) is 2. The number of nitrogens with one attached hydrogen (secondary N) is 1. The van der Waals surface area contributed by atoms with E-state index in [4.69, 9.17) is 5.73 Å². The second-order valence-corrected chi connectivity index (χ2v) is 7.04. The van der Waals surface area contributed by atoms with Gasteiger partial charge in [-0.25, -0.2) is 4.98 Å². The van der Waals surface area contributed by atoms with Gasteiger partial charge >= 0.3 is 0 Å². The van der Waals surface area contributed by atoms with Gasteiger partial charge in [0.1, 0.15) is 5.82 Å². The number of carbonyl (C=O) groups excluding carboxylic acids is 1. The number of nitrogens with two attached hydrogens (primary N) is 1. The third kappa shape index (κ3) is 4.44. The summed E-state index contributed by atoms with van der Waals surface area (Å²) in [4.78, 5) is 19.3. The van der Waals surface area contributed by atoms with Gasteiger partial charge in [0.25, 0.3) is 5.91 Å². The van der Waals surface area contributed by atoms with Gasteiger partial charge in [0.2, 0.25) is 0 Å². The fraction of sp³-hybridized carbons (Fsp3) is 0.667. The third-order valence-electron chi connectivity index (χ3n) is 5.04. The van der Waals surface area contributed by atoms with Crippen molar-refractivity contribution in [3.05, 3.63) is 23.9 Å². The molecule has 1 atom stereocenters. The molecule has 2 rings (SSSR count). The van der Waals surface area contributed by atoms with Crippen molar-refractivity contribution >= 4 is 11.7 Å². The van der Waals surface area contributed by atoms with Crippen molar-refractivity contribution in [3.8, 4) is 0 Å². The molecule has 0 spiro atoms. The minimum Gasteiger partial charge on any atom is -0.357 e. The molecule has 1 aliphatic rings. The zero-order valence-corrected chi connectivity index (χ0v) is 14.6. The van der Waals surface area contributed by atoms with E-state index in [1.807, 2.05) is 19.1 Å². The van der Waals surface area contributed by atoms with Crippen molar-refractivity contribution in [1.82, 2.24) is 10.3 Å². The van der Waals surface area contributed by atoms with E-state index >= 15 is 0 Å². The normalized spacial score (nSPS) is 18.4. The predicted octanol–water partition coefficient (Wildman–Crippen LogP) is 2.57. The number of carbonyl (C=O) groups is 1. The van der Waals surface area contributed by atoms with Gasteiger partial charge in [0.15, 0.2) is 0 Å². The Bertz CT molecular complexity index is 506. The van der Waals surface area contributed by atoms with E-state index in [9.17, 15) is 4.79 Å². The van der Waals surface area contributed by atoms with Crippen LogP contribution in [0, 0.1) is 5.92 Å². The van der Waals surface area contributed by atoms with Crippen LogP contribution in [0.2, 0.25) is 0 Å². The lowest BCUT2D eigenvalue weighted by Crippen LogP contribution is -2.55. The second-order valence-electron chi connectivity index (χ2n) is 7.04. The summed E-state index contributed by atoms with van der Waals surface area (Å²) in [5, 5.41) is 3.05. The second kappa shape index (κ2) is 7.77. The maximum absolute atomic E-state index is 12.4. The molecule has 0 aromatic carbocycles. The maximum atomic E-state index is 12.4. The van der Waals surface area contributed by atoms with E-state index in [0.29, 0.717) is 12.1 Å². The number of hydrogen-bond acceptors (Lipinski definition) is 4. The maximum Gasteiger partial charge on any atom is 0.253 e.